The van der Waals surface area contributed by atoms with E-state index in [1.165, 1.54) is 6.07 Å². The Morgan fingerprint density at radius 2 is 1.64 bits per heavy atom. The zero-order chi connectivity index (χ0) is 20.5. The number of esters is 1. The van der Waals surface area contributed by atoms with Gasteiger partial charge >= 0.3 is 5.97 Å². The van der Waals surface area contributed by atoms with Crippen LogP contribution in [0.25, 0.3) is 0 Å². The van der Waals surface area contributed by atoms with Gasteiger partial charge in [0.25, 0.3) is 11.8 Å². The molecule has 0 unspecified atom stereocenters. The minimum absolute atomic E-state index is 0.0499. The van der Waals surface area contributed by atoms with Gasteiger partial charge in [0, 0.05) is 16.2 Å². The van der Waals surface area contributed by atoms with Gasteiger partial charge in [0.05, 0.1) is 0 Å². The molecule has 0 spiro atoms. The van der Waals surface area contributed by atoms with E-state index in [0.29, 0.717) is 5.69 Å². The molecule has 0 bridgehead atoms. The predicted octanol–water partition coefficient (Wildman–Crippen LogP) is 3.15. The van der Waals surface area contributed by atoms with Gasteiger partial charge in [-0.25, -0.2) is 4.79 Å². The third-order valence-electron chi connectivity index (χ3n) is 3.38. The standard InChI is InChI=1S/C20H21BrN2O5/c1-13(2)22-18(24)12-28-20(26)16-5-3-4-6-17(16)27-11-19(25)23-15-9-7-14(21)8-10-15/h3-10,13H,11-12H2,1-2H3,(H,22,24)(H,23,25). The van der Waals surface area contributed by atoms with E-state index >= 15 is 0 Å². The van der Waals surface area contributed by atoms with Gasteiger partial charge in [0.15, 0.2) is 13.2 Å². The smallest absolute Gasteiger partial charge is 0.342 e. The van der Waals surface area contributed by atoms with Crippen LogP contribution in [0.1, 0.15) is 24.2 Å². The Balaban J connectivity index is 1.91. The second kappa shape index (κ2) is 10.5. The van der Waals surface area contributed by atoms with Gasteiger partial charge in [-0.05, 0) is 50.2 Å². The number of hydrogen-bond donors (Lipinski definition) is 2. The van der Waals surface area contributed by atoms with Crippen molar-refractivity contribution in [2.75, 3.05) is 18.5 Å². The Morgan fingerprint density at radius 3 is 2.32 bits per heavy atom. The fourth-order valence-electron chi connectivity index (χ4n) is 2.21. The summed E-state index contributed by atoms with van der Waals surface area (Å²) in [7, 11) is 0. The summed E-state index contributed by atoms with van der Waals surface area (Å²) < 4.78 is 11.4. The van der Waals surface area contributed by atoms with Crippen LogP contribution in [0.4, 0.5) is 5.69 Å². The quantitative estimate of drug-likeness (QED) is 0.604. The number of carbonyl (C=O) groups excluding carboxylic acids is 3. The maximum absolute atomic E-state index is 12.2. The summed E-state index contributed by atoms with van der Waals surface area (Å²) in [4.78, 5) is 35.9. The van der Waals surface area contributed by atoms with Crippen molar-refractivity contribution in [2.24, 2.45) is 0 Å². The molecule has 0 aliphatic heterocycles. The number of ether oxygens (including phenoxy) is 2. The van der Waals surface area contributed by atoms with E-state index < -0.39 is 18.5 Å². The topological polar surface area (TPSA) is 93.7 Å². The molecule has 0 aliphatic rings. The van der Waals surface area contributed by atoms with Crippen LogP contribution in [-0.4, -0.2) is 37.0 Å². The van der Waals surface area contributed by atoms with E-state index in [-0.39, 0.29) is 29.9 Å². The second-order valence-corrected chi connectivity index (χ2v) is 7.05. The van der Waals surface area contributed by atoms with Crippen molar-refractivity contribution in [3.8, 4) is 5.75 Å². The first-order valence-corrected chi connectivity index (χ1v) is 9.38. The molecular weight excluding hydrogens is 428 g/mol. The van der Waals surface area contributed by atoms with Gasteiger partial charge in [0.2, 0.25) is 0 Å². The summed E-state index contributed by atoms with van der Waals surface area (Å²) in [5.41, 5.74) is 0.761. The van der Waals surface area contributed by atoms with Crippen molar-refractivity contribution in [3.63, 3.8) is 0 Å². The molecule has 28 heavy (non-hydrogen) atoms. The molecule has 2 aromatic rings. The highest BCUT2D eigenvalue weighted by atomic mass is 79.9. The molecule has 2 aromatic carbocycles. The molecule has 0 atom stereocenters. The van der Waals surface area contributed by atoms with E-state index in [0.717, 1.165) is 4.47 Å². The Kier molecular flexibility index (Phi) is 8.01. The molecule has 2 rings (SSSR count). The first kappa shape index (κ1) is 21.4. The number of nitrogens with one attached hydrogen (secondary N) is 2. The maximum atomic E-state index is 12.2. The fourth-order valence-corrected chi connectivity index (χ4v) is 2.47. The van der Waals surface area contributed by atoms with E-state index in [9.17, 15) is 14.4 Å². The summed E-state index contributed by atoms with van der Waals surface area (Å²) in [6.45, 7) is 2.94. The number of amides is 2. The predicted molar refractivity (Wildman–Crippen MR) is 108 cm³/mol. The van der Waals surface area contributed by atoms with Crippen molar-refractivity contribution >= 4 is 39.4 Å². The number of rotatable bonds is 8. The average molecular weight is 449 g/mol. The molecule has 2 amide bonds. The molecule has 7 nitrogen and oxygen atoms in total. The molecule has 0 heterocycles. The van der Waals surface area contributed by atoms with E-state index in [2.05, 4.69) is 26.6 Å². The van der Waals surface area contributed by atoms with Gasteiger partial charge in [-0.1, -0.05) is 28.1 Å². The highest BCUT2D eigenvalue weighted by molar-refractivity contribution is 9.10. The highest BCUT2D eigenvalue weighted by Crippen LogP contribution is 2.19. The third-order valence-corrected chi connectivity index (χ3v) is 3.91. The van der Waals surface area contributed by atoms with Crippen molar-refractivity contribution in [1.82, 2.24) is 5.32 Å². The molecule has 8 heteroatoms. The Hall–Kier alpha value is -2.87. The molecule has 0 aromatic heterocycles. The van der Waals surface area contributed by atoms with Gasteiger partial charge in [-0.15, -0.1) is 0 Å². The van der Waals surface area contributed by atoms with Gasteiger partial charge < -0.3 is 20.1 Å². The minimum Gasteiger partial charge on any atom is -0.483 e. The Morgan fingerprint density at radius 1 is 0.964 bits per heavy atom. The molecule has 0 aliphatic carbocycles. The second-order valence-electron chi connectivity index (χ2n) is 6.14. The van der Waals surface area contributed by atoms with Crippen LogP contribution in [0.3, 0.4) is 0 Å². The number of para-hydroxylation sites is 1. The van der Waals surface area contributed by atoms with Crippen LogP contribution in [0.15, 0.2) is 53.0 Å². The fraction of sp³-hybridized carbons (Fsp3) is 0.250. The number of carbonyl (C=O) groups is 3. The molecule has 0 saturated heterocycles. The Bertz CT molecular complexity index is 837. The molecule has 148 valence electrons. The van der Waals surface area contributed by atoms with Crippen molar-refractivity contribution in [1.29, 1.82) is 0 Å². The van der Waals surface area contributed by atoms with E-state index in [4.69, 9.17) is 9.47 Å². The average Bonchev–Trinajstić information content (AvgIpc) is 2.66. The number of benzene rings is 2. The lowest BCUT2D eigenvalue weighted by atomic mass is 10.2. The van der Waals surface area contributed by atoms with E-state index in [1.54, 1.807) is 42.5 Å². The summed E-state index contributed by atoms with van der Waals surface area (Å²) >= 11 is 3.32. The van der Waals surface area contributed by atoms with Crippen molar-refractivity contribution in [3.05, 3.63) is 58.6 Å². The van der Waals surface area contributed by atoms with Crippen LogP contribution in [-0.2, 0) is 14.3 Å². The van der Waals surface area contributed by atoms with Crippen LogP contribution < -0.4 is 15.4 Å². The molecule has 0 radical (unpaired) electrons. The lowest BCUT2D eigenvalue weighted by Crippen LogP contribution is -2.34. The SMILES string of the molecule is CC(C)NC(=O)COC(=O)c1ccccc1OCC(=O)Nc1ccc(Br)cc1. The maximum Gasteiger partial charge on any atom is 0.342 e. The van der Waals surface area contributed by atoms with Crippen molar-refractivity contribution in [2.45, 2.75) is 19.9 Å². The zero-order valence-electron chi connectivity index (χ0n) is 15.5. The molecular formula is C20H21BrN2O5. The first-order chi connectivity index (χ1) is 13.3. The van der Waals surface area contributed by atoms with Gasteiger partial charge in [0.1, 0.15) is 11.3 Å². The van der Waals surface area contributed by atoms with Crippen LogP contribution >= 0.6 is 15.9 Å². The van der Waals surface area contributed by atoms with E-state index in [1.807, 2.05) is 13.8 Å². The summed E-state index contributed by atoms with van der Waals surface area (Å²) in [6, 6.07) is 13.4. The highest BCUT2D eigenvalue weighted by Gasteiger charge is 2.16. The Labute approximate surface area is 171 Å². The minimum atomic E-state index is -0.706. The zero-order valence-corrected chi connectivity index (χ0v) is 17.1. The summed E-state index contributed by atoms with van der Waals surface area (Å²) in [6.07, 6.45) is 0. The number of halogens is 1. The third kappa shape index (κ3) is 7.03. The molecule has 0 fully saturated rings. The first-order valence-electron chi connectivity index (χ1n) is 8.59. The monoisotopic (exact) mass is 448 g/mol. The van der Waals surface area contributed by atoms with Gasteiger partial charge in [-0.3, -0.25) is 9.59 Å². The summed E-state index contributed by atoms with van der Waals surface area (Å²) in [5.74, 6) is -1.28. The van der Waals surface area contributed by atoms with Crippen molar-refractivity contribution < 1.29 is 23.9 Å². The van der Waals surface area contributed by atoms with Crippen LogP contribution in [0.2, 0.25) is 0 Å². The van der Waals surface area contributed by atoms with Crippen LogP contribution in [0.5, 0.6) is 5.75 Å². The van der Waals surface area contributed by atoms with Gasteiger partial charge in [-0.2, -0.15) is 0 Å². The normalized spacial score (nSPS) is 10.3. The summed E-state index contributed by atoms with van der Waals surface area (Å²) in [5, 5.41) is 5.32. The van der Waals surface area contributed by atoms with Crippen LogP contribution in [0, 0.1) is 0 Å². The largest absolute Gasteiger partial charge is 0.483 e. The molecule has 2 N–H and O–H groups in total. The number of anilines is 1. The number of hydrogen-bond acceptors (Lipinski definition) is 5. The lowest BCUT2D eigenvalue weighted by Gasteiger charge is -2.12. The molecule has 0 saturated carbocycles. The lowest BCUT2D eigenvalue weighted by molar-refractivity contribution is -0.124.